The lowest BCUT2D eigenvalue weighted by molar-refractivity contribution is 0.0952. The van der Waals surface area contributed by atoms with Crippen molar-refractivity contribution in [3.05, 3.63) is 60.3 Å². The maximum absolute atomic E-state index is 11.8. The number of nitrogens with zero attached hydrogens (tertiary/aromatic N) is 3. The fraction of sp³-hybridized carbons (Fsp3) is 0.235. The van der Waals surface area contributed by atoms with E-state index in [1.807, 2.05) is 12.1 Å². The molecular weight excluding hydrogens is 276 g/mol. The number of anilines is 2. The monoisotopic (exact) mass is 294 g/mol. The van der Waals surface area contributed by atoms with Gasteiger partial charge in [-0.1, -0.05) is 24.3 Å². The van der Waals surface area contributed by atoms with E-state index in [2.05, 4.69) is 45.2 Å². The van der Waals surface area contributed by atoms with Gasteiger partial charge in [0.1, 0.15) is 0 Å². The summed E-state index contributed by atoms with van der Waals surface area (Å²) in [6, 6.07) is 11.9. The average molecular weight is 294 g/mol. The Hall–Kier alpha value is -2.69. The van der Waals surface area contributed by atoms with Crippen molar-refractivity contribution in [3.8, 4) is 0 Å². The number of aryl methyl sites for hydroxylation is 1. The highest BCUT2D eigenvalue weighted by atomic mass is 16.1. The number of hydrogen-bond donors (Lipinski definition) is 1. The van der Waals surface area contributed by atoms with Crippen LogP contribution in [0.15, 0.2) is 49.1 Å². The van der Waals surface area contributed by atoms with E-state index in [0.29, 0.717) is 12.2 Å². The number of amides is 1. The number of aromatic nitrogens is 2. The second kappa shape index (κ2) is 6.39. The van der Waals surface area contributed by atoms with Crippen molar-refractivity contribution >= 4 is 17.4 Å². The fourth-order valence-electron chi connectivity index (χ4n) is 2.62. The third-order valence-electron chi connectivity index (χ3n) is 3.68. The van der Waals surface area contributed by atoms with E-state index in [1.54, 1.807) is 12.1 Å². The Morgan fingerprint density at radius 1 is 1.27 bits per heavy atom. The van der Waals surface area contributed by atoms with Crippen LogP contribution in [0, 0.1) is 0 Å². The second-order valence-corrected chi connectivity index (χ2v) is 5.16. The maximum atomic E-state index is 11.8. The molecule has 0 bridgehead atoms. The minimum atomic E-state index is -0.238. The molecule has 0 fully saturated rings. The molecule has 2 heterocycles. The van der Waals surface area contributed by atoms with Crippen molar-refractivity contribution in [2.45, 2.75) is 12.8 Å². The maximum Gasteiger partial charge on any atom is 0.272 e. The molecule has 0 unspecified atom stereocenters. The largest absolute Gasteiger partial charge is 0.347 e. The van der Waals surface area contributed by atoms with E-state index < -0.39 is 0 Å². The number of nitrogens with one attached hydrogen (secondary N) is 1. The number of para-hydroxylation sites is 1. The van der Waals surface area contributed by atoms with Crippen LogP contribution in [0.2, 0.25) is 0 Å². The molecule has 1 aromatic carbocycles. The van der Waals surface area contributed by atoms with Crippen molar-refractivity contribution in [1.29, 1.82) is 0 Å². The summed E-state index contributed by atoms with van der Waals surface area (Å²) in [5.74, 6) is 0.533. The third kappa shape index (κ3) is 2.83. The Bertz CT molecular complexity index is 681. The van der Waals surface area contributed by atoms with Crippen LogP contribution in [0.3, 0.4) is 0 Å². The van der Waals surface area contributed by atoms with E-state index in [9.17, 15) is 4.79 Å². The van der Waals surface area contributed by atoms with Crippen molar-refractivity contribution in [3.63, 3.8) is 0 Å². The lowest BCUT2D eigenvalue weighted by atomic mass is 10.0. The van der Waals surface area contributed by atoms with Crippen molar-refractivity contribution < 1.29 is 4.79 Å². The highest BCUT2D eigenvalue weighted by Crippen LogP contribution is 2.31. The molecule has 0 radical (unpaired) electrons. The normalized spacial score (nSPS) is 13.4. The molecule has 0 atom stereocenters. The van der Waals surface area contributed by atoms with Gasteiger partial charge in [0.2, 0.25) is 0 Å². The molecule has 0 spiro atoms. The van der Waals surface area contributed by atoms with Gasteiger partial charge < -0.3 is 10.2 Å². The van der Waals surface area contributed by atoms with E-state index in [-0.39, 0.29) is 5.91 Å². The molecule has 5 heteroatoms. The van der Waals surface area contributed by atoms with Gasteiger partial charge in [-0.2, -0.15) is 0 Å². The lowest BCUT2D eigenvalue weighted by Crippen LogP contribution is -2.27. The molecule has 1 amide bonds. The minimum absolute atomic E-state index is 0.238. The van der Waals surface area contributed by atoms with Crippen LogP contribution in [-0.2, 0) is 6.42 Å². The van der Waals surface area contributed by atoms with E-state index >= 15 is 0 Å². The Balaban J connectivity index is 1.82. The number of carbonyl (C=O) groups excluding carboxylic acids is 1. The molecule has 1 aliphatic rings. The minimum Gasteiger partial charge on any atom is -0.347 e. The van der Waals surface area contributed by atoms with Gasteiger partial charge in [-0.25, -0.2) is 0 Å². The van der Waals surface area contributed by atoms with Gasteiger partial charge in [0.15, 0.2) is 11.5 Å². The van der Waals surface area contributed by atoms with Crippen LogP contribution in [0.25, 0.3) is 0 Å². The van der Waals surface area contributed by atoms with Crippen LogP contribution in [0.4, 0.5) is 11.5 Å². The Labute approximate surface area is 129 Å². The van der Waals surface area contributed by atoms with Crippen LogP contribution in [-0.4, -0.2) is 29.2 Å². The smallest absolute Gasteiger partial charge is 0.272 e. The molecule has 3 rings (SSSR count). The van der Waals surface area contributed by atoms with Gasteiger partial charge in [0.25, 0.3) is 5.91 Å². The highest BCUT2D eigenvalue weighted by molar-refractivity contribution is 5.92. The number of benzene rings is 1. The first kappa shape index (κ1) is 14.3. The molecule has 1 aromatic heterocycles. The Kier molecular flexibility index (Phi) is 4.14. The topological polar surface area (TPSA) is 58.1 Å². The van der Waals surface area contributed by atoms with Gasteiger partial charge in [-0.15, -0.1) is 16.8 Å². The zero-order chi connectivity index (χ0) is 15.4. The van der Waals surface area contributed by atoms with E-state index in [4.69, 9.17) is 0 Å². The van der Waals surface area contributed by atoms with Crippen LogP contribution in [0.5, 0.6) is 0 Å². The molecule has 22 heavy (non-hydrogen) atoms. The summed E-state index contributed by atoms with van der Waals surface area (Å²) in [7, 11) is 0. The van der Waals surface area contributed by atoms with Gasteiger partial charge in [-0.05, 0) is 36.6 Å². The Morgan fingerprint density at radius 2 is 2.14 bits per heavy atom. The molecule has 0 saturated heterocycles. The van der Waals surface area contributed by atoms with Crippen LogP contribution >= 0.6 is 0 Å². The van der Waals surface area contributed by atoms with Crippen molar-refractivity contribution in [1.82, 2.24) is 15.5 Å². The molecule has 1 aliphatic heterocycles. The summed E-state index contributed by atoms with van der Waals surface area (Å²) in [6.45, 7) is 4.89. The molecule has 0 aliphatic carbocycles. The summed E-state index contributed by atoms with van der Waals surface area (Å²) in [5, 5.41) is 11.0. The summed E-state index contributed by atoms with van der Waals surface area (Å²) in [5.41, 5.74) is 2.81. The third-order valence-corrected chi connectivity index (χ3v) is 3.68. The molecule has 2 aromatic rings. The van der Waals surface area contributed by atoms with Crippen molar-refractivity contribution in [2.24, 2.45) is 0 Å². The summed E-state index contributed by atoms with van der Waals surface area (Å²) in [4.78, 5) is 14.0. The fourth-order valence-corrected chi connectivity index (χ4v) is 2.62. The van der Waals surface area contributed by atoms with Crippen LogP contribution in [0.1, 0.15) is 22.5 Å². The number of fused-ring (bicyclic) bond motifs is 1. The van der Waals surface area contributed by atoms with Gasteiger partial charge >= 0.3 is 0 Å². The summed E-state index contributed by atoms with van der Waals surface area (Å²) < 4.78 is 0. The zero-order valence-electron chi connectivity index (χ0n) is 12.3. The molecular formula is C17H18N4O. The van der Waals surface area contributed by atoms with Crippen LogP contribution < -0.4 is 10.2 Å². The Morgan fingerprint density at radius 3 is 2.91 bits per heavy atom. The number of rotatable bonds is 4. The predicted octanol–water partition coefficient (Wildman–Crippen LogP) is 2.48. The first-order chi connectivity index (χ1) is 10.8. The number of hydrogen-bond acceptors (Lipinski definition) is 4. The molecule has 112 valence electrons. The van der Waals surface area contributed by atoms with E-state index in [0.717, 1.165) is 25.2 Å². The van der Waals surface area contributed by atoms with Gasteiger partial charge in [0.05, 0.1) is 0 Å². The summed E-state index contributed by atoms with van der Waals surface area (Å²) >= 11 is 0. The SMILES string of the molecule is C=CCNC(=O)c1ccc(N2CCCc3ccccc32)nn1. The highest BCUT2D eigenvalue weighted by Gasteiger charge is 2.19. The first-order valence-corrected chi connectivity index (χ1v) is 7.38. The standard InChI is InChI=1S/C17H18N4O/c1-2-11-18-17(22)14-9-10-16(20-19-14)21-12-5-7-13-6-3-4-8-15(13)21/h2-4,6,8-10H,1,5,7,11-12H2,(H,18,22). The summed E-state index contributed by atoms with van der Waals surface area (Å²) in [6.07, 6.45) is 3.80. The molecule has 5 nitrogen and oxygen atoms in total. The van der Waals surface area contributed by atoms with Crippen molar-refractivity contribution in [2.75, 3.05) is 18.0 Å². The lowest BCUT2D eigenvalue weighted by Gasteiger charge is -2.29. The zero-order valence-corrected chi connectivity index (χ0v) is 12.3. The van der Waals surface area contributed by atoms with E-state index in [1.165, 1.54) is 11.3 Å². The average Bonchev–Trinajstić information content (AvgIpc) is 2.59. The quantitative estimate of drug-likeness (QED) is 0.880. The van der Waals surface area contributed by atoms with Gasteiger partial charge in [-0.3, -0.25) is 4.79 Å². The van der Waals surface area contributed by atoms with Gasteiger partial charge in [0, 0.05) is 18.8 Å². The molecule has 1 N–H and O–H groups in total. The predicted molar refractivity (Wildman–Crippen MR) is 86.3 cm³/mol. The first-order valence-electron chi connectivity index (χ1n) is 7.38. The molecule has 0 saturated carbocycles. The second-order valence-electron chi connectivity index (χ2n) is 5.16. The number of carbonyl (C=O) groups is 1.